The predicted octanol–water partition coefficient (Wildman–Crippen LogP) is 3.00. The molecular formula is C17H15N3O2. The molecule has 0 fully saturated rings. The van der Waals surface area contributed by atoms with Gasteiger partial charge in [0.15, 0.2) is 6.61 Å². The van der Waals surface area contributed by atoms with Crippen molar-refractivity contribution in [3.8, 4) is 17.7 Å². The molecule has 0 saturated heterocycles. The number of benzene rings is 2. The highest BCUT2D eigenvalue weighted by Crippen LogP contribution is 2.29. The van der Waals surface area contributed by atoms with E-state index < -0.39 is 0 Å². The van der Waals surface area contributed by atoms with Gasteiger partial charge < -0.3 is 9.47 Å². The second kappa shape index (κ2) is 6.19. The van der Waals surface area contributed by atoms with Crippen molar-refractivity contribution in [1.29, 1.82) is 5.26 Å². The van der Waals surface area contributed by atoms with E-state index in [9.17, 15) is 0 Å². The van der Waals surface area contributed by atoms with Crippen molar-refractivity contribution in [2.45, 2.75) is 6.54 Å². The summed E-state index contributed by atoms with van der Waals surface area (Å²) in [5.41, 5.74) is 2.09. The van der Waals surface area contributed by atoms with Crippen LogP contribution in [0.1, 0.15) is 5.56 Å². The highest BCUT2D eigenvalue weighted by atomic mass is 16.5. The van der Waals surface area contributed by atoms with Gasteiger partial charge in [0.2, 0.25) is 5.88 Å². The van der Waals surface area contributed by atoms with Gasteiger partial charge in [-0.1, -0.05) is 30.3 Å². The van der Waals surface area contributed by atoms with Gasteiger partial charge in [0.1, 0.15) is 11.8 Å². The van der Waals surface area contributed by atoms with Gasteiger partial charge in [-0.25, -0.2) is 0 Å². The molecule has 1 aromatic heterocycles. The molecule has 0 radical (unpaired) electrons. The fourth-order valence-corrected chi connectivity index (χ4v) is 2.34. The van der Waals surface area contributed by atoms with Crippen molar-refractivity contribution >= 4 is 10.9 Å². The lowest BCUT2D eigenvalue weighted by molar-refractivity contribution is 0.351. The Morgan fingerprint density at radius 2 is 2.00 bits per heavy atom. The first-order valence-electron chi connectivity index (χ1n) is 6.90. The van der Waals surface area contributed by atoms with Crippen LogP contribution in [0.2, 0.25) is 0 Å². The number of ether oxygens (including phenoxy) is 2. The topological polar surface area (TPSA) is 60.1 Å². The molecule has 0 N–H and O–H groups in total. The third-order valence-electron chi connectivity index (χ3n) is 3.37. The van der Waals surface area contributed by atoms with Gasteiger partial charge in [0.05, 0.1) is 24.6 Å². The maximum absolute atomic E-state index is 8.71. The van der Waals surface area contributed by atoms with Crippen LogP contribution in [0, 0.1) is 11.3 Å². The lowest BCUT2D eigenvalue weighted by Gasteiger charge is -2.04. The van der Waals surface area contributed by atoms with E-state index in [1.165, 1.54) is 0 Å². The summed E-state index contributed by atoms with van der Waals surface area (Å²) < 4.78 is 12.6. The summed E-state index contributed by atoms with van der Waals surface area (Å²) in [6, 6.07) is 17.7. The molecule has 0 saturated carbocycles. The van der Waals surface area contributed by atoms with E-state index in [4.69, 9.17) is 14.7 Å². The summed E-state index contributed by atoms with van der Waals surface area (Å²) in [6.45, 7) is 0.605. The third kappa shape index (κ3) is 2.72. The van der Waals surface area contributed by atoms with E-state index in [1.54, 1.807) is 7.11 Å². The molecule has 1 heterocycles. The van der Waals surface area contributed by atoms with Gasteiger partial charge in [-0.15, -0.1) is 5.10 Å². The van der Waals surface area contributed by atoms with Crippen molar-refractivity contribution in [1.82, 2.24) is 9.78 Å². The second-order valence-corrected chi connectivity index (χ2v) is 4.78. The summed E-state index contributed by atoms with van der Waals surface area (Å²) in [5.74, 6) is 1.18. The number of methoxy groups -OCH3 is 1. The summed E-state index contributed by atoms with van der Waals surface area (Å²) in [5, 5.41) is 14.0. The first-order chi connectivity index (χ1) is 10.8. The van der Waals surface area contributed by atoms with Crippen molar-refractivity contribution in [3.63, 3.8) is 0 Å². The Balaban J connectivity index is 2.04. The maximum Gasteiger partial charge on any atom is 0.241 e. The minimum absolute atomic E-state index is 0.0331. The first kappa shape index (κ1) is 14.0. The van der Waals surface area contributed by atoms with Gasteiger partial charge in [0.25, 0.3) is 0 Å². The SMILES string of the molecule is COc1ccc2c(c1)c(OCC#N)nn2Cc1ccccc1. The number of nitriles is 1. The highest BCUT2D eigenvalue weighted by Gasteiger charge is 2.13. The number of hydrogen-bond donors (Lipinski definition) is 0. The largest absolute Gasteiger partial charge is 0.497 e. The molecule has 110 valence electrons. The van der Waals surface area contributed by atoms with E-state index >= 15 is 0 Å². The Bertz CT molecular complexity index is 819. The quantitative estimate of drug-likeness (QED) is 0.725. The molecule has 22 heavy (non-hydrogen) atoms. The molecule has 0 bridgehead atoms. The molecule has 0 unspecified atom stereocenters. The van der Waals surface area contributed by atoms with Crippen molar-refractivity contribution in [2.24, 2.45) is 0 Å². The Hall–Kier alpha value is -3.00. The Morgan fingerprint density at radius 3 is 2.73 bits per heavy atom. The normalized spacial score (nSPS) is 10.4. The molecule has 3 aromatic rings. The second-order valence-electron chi connectivity index (χ2n) is 4.78. The number of nitrogens with zero attached hydrogens (tertiary/aromatic N) is 3. The number of hydrogen-bond acceptors (Lipinski definition) is 4. The fourth-order valence-electron chi connectivity index (χ4n) is 2.34. The standard InChI is InChI=1S/C17H15N3O2/c1-21-14-7-8-16-15(11-14)17(22-10-9-18)19-20(16)12-13-5-3-2-4-6-13/h2-8,11H,10,12H2,1H3. The van der Waals surface area contributed by atoms with E-state index in [0.29, 0.717) is 12.4 Å². The maximum atomic E-state index is 8.71. The Morgan fingerprint density at radius 1 is 1.18 bits per heavy atom. The van der Waals surface area contributed by atoms with Crippen LogP contribution in [-0.4, -0.2) is 23.5 Å². The van der Waals surface area contributed by atoms with Gasteiger partial charge >= 0.3 is 0 Å². The fraction of sp³-hybridized carbons (Fsp3) is 0.176. The van der Waals surface area contributed by atoms with Crippen LogP contribution in [-0.2, 0) is 6.54 Å². The highest BCUT2D eigenvalue weighted by molar-refractivity contribution is 5.86. The minimum atomic E-state index is -0.0331. The predicted molar refractivity (Wildman–Crippen MR) is 82.9 cm³/mol. The van der Waals surface area contributed by atoms with Crippen LogP contribution in [0.4, 0.5) is 0 Å². The molecule has 0 aliphatic carbocycles. The smallest absolute Gasteiger partial charge is 0.241 e. The van der Waals surface area contributed by atoms with Crippen molar-refractivity contribution in [2.75, 3.05) is 13.7 Å². The molecular weight excluding hydrogens is 278 g/mol. The van der Waals surface area contributed by atoms with E-state index in [-0.39, 0.29) is 6.61 Å². The van der Waals surface area contributed by atoms with Crippen LogP contribution in [0.15, 0.2) is 48.5 Å². The van der Waals surface area contributed by atoms with Crippen molar-refractivity contribution < 1.29 is 9.47 Å². The van der Waals surface area contributed by atoms with E-state index in [2.05, 4.69) is 5.10 Å². The average Bonchev–Trinajstić information content (AvgIpc) is 2.91. The molecule has 2 aromatic carbocycles. The molecule has 0 aliphatic rings. The number of rotatable bonds is 5. The van der Waals surface area contributed by atoms with Gasteiger partial charge in [-0.3, -0.25) is 4.68 Å². The molecule has 5 heteroatoms. The van der Waals surface area contributed by atoms with Gasteiger partial charge in [-0.05, 0) is 23.8 Å². The van der Waals surface area contributed by atoms with Crippen LogP contribution < -0.4 is 9.47 Å². The zero-order chi connectivity index (χ0) is 15.4. The molecule has 5 nitrogen and oxygen atoms in total. The lowest BCUT2D eigenvalue weighted by Crippen LogP contribution is -2.02. The zero-order valence-electron chi connectivity index (χ0n) is 12.2. The zero-order valence-corrected chi connectivity index (χ0v) is 12.2. The average molecular weight is 293 g/mol. The first-order valence-corrected chi connectivity index (χ1v) is 6.90. The summed E-state index contributed by atoms with van der Waals surface area (Å²) in [4.78, 5) is 0. The number of fused-ring (bicyclic) bond motifs is 1. The van der Waals surface area contributed by atoms with Crippen LogP contribution >= 0.6 is 0 Å². The van der Waals surface area contributed by atoms with Gasteiger partial charge in [0, 0.05) is 0 Å². The Labute approximate surface area is 128 Å². The third-order valence-corrected chi connectivity index (χ3v) is 3.37. The van der Waals surface area contributed by atoms with Gasteiger partial charge in [-0.2, -0.15) is 5.26 Å². The van der Waals surface area contributed by atoms with E-state index in [1.807, 2.05) is 59.3 Å². The molecule has 0 spiro atoms. The minimum Gasteiger partial charge on any atom is -0.497 e. The van der Waals surface area contributed by atoms with E-state index in [0.717, 1.165) is 22.2 Å². The molecule has 3 rings (SSSR count). The Kier molecular flexibility index (Phi) is 3.92. The van der Waals surface area contributed by atoms with Crippen LogP contribution in [0.3, 0.4) is 0 Å². The summed E-state index contributed by atoms with van der Waals surface area (Å²) >= 11 is 0. The lowest BCUT2D eigenvalue weighted by atomic mass is 10.2. The molecule has 0 atom stereocenters. The summed E-state index contributed by atoms with van der Waals surface area (Å²) in [6.07, 6.45) is 0. The van der Waals surface area contributed by atoms with Crippen LogP contribution in [0.25, 0.3) is 10.9 Å². The number of aromatic nitrogens is 2. The van der Waals surface area contributed by atoms with Crippen molar-refractivity contribution in [3.05, 3.63) is 54.1 Å². The van der Waals surface area contributed by atoms with Crippen LogP contribution in [0.5, 0.6) is 11.6 Å². The molecule has 0 amide bonds. The molecule has 0 aliphatic heterocycles. The monoisotopic (exact) mass is 293 g/mol. The summed E-state index contributed by atoms with van der Waals surface area (Å²) in [7, 11) is 1.62.